The maximum Gasteiger partial charge on any atom is 0.234 e. The Morgan fingerprint density at radius 2 is 1.32 bits per heavy atom. The summed E-state index contributed by atoms with van der Waals surface area (Å²) in [5.41, 5.74) is 3.89. The Hall–Kier alpha value is -4.15. The minimum absolute atomic E-state index is 0.0971. The van der Waals surface area contributed by atoms with Crippen LogP contribution in [-0.2, 0) is 9.59 Å². The number of benzene rings is 2. The Labute approximate surface area is 221 Å². The van der Waals surface area contributed by atoms with Crippen molar-refractivity contribution in [1.29, 1.82) is 0 Å². The van der Waals surface area contributed by atoms with E-state index >= 15 is 0 Å². The van der Waals surface area contributed by atoms with Crippen LogP contribution in [0.3, 0.4) is 0 Å². The van der Waals surface area contributed by atoms with Gasteiger partial charge in [-0.05, 0) is 66.7 Å². The lowest BCUT2D eigenvalue weighted by molar-refractivity contribution is -0.114. The summed E-state index contributed by atoms with van der Waals surface area (Å²) >= 11 is 2.77. The molecule has 2 amide bonds. The number of carbonyl (C=O) groups excluding carboxylic acids is 2. The van der Waals surface area contributed by atoms with E-state index in [2.05, 4.69) is 30.6 Å². The molecule has 0 saturated heterocycles. The average Bonchev–Trinajstić information content (AvgIpc) is 3.36. The summed E-state index contributed by atoms with van der Waals surface area (Å²) in [6.07, 6.45) is 3.41. The van der Waals surface area contributed by atoms with Crippen molar-refractivity contribution in [3.63, 3.8) is 0 Å². The van der Waals surface area contributed by atoms with E-state index in [-0.39, 0.29) is 23.3 Å². The number of thioether (sulfide) groups is 2. The van der Waals surface area contributed by atoms with Crippen molar-refractivity contribution in [3.05, 3.63) is 91.3 Å². The molecular formula is C27H22N6O2S2. The number of nitrogens with one attached hydrogen (secondary N) is 3. The van der Waals surface area contributed by atoms with Crippen molar-refractivity contribution >= 4 is 57.7 Å². The molecule has 3 heterocycles. The van der Waals surface area contributed by atoms with Crippen molar-refractivity contribution in [1.82, 2.24) is 19.9 Å². The third-order valence-electron chi connectivity index (χ3n) is 5.19. The number of carbonyl (C=O) groups is 2. The van der Waals surface area contributed by atoms with Crippen LogP contribution in [0.1, 0.15) is 0 Å². The molecule has 0 aliphatic carbocycles. The Bertz CT molecular complexity index is 1510. The number of imidazole rings is 1. The number of anilines is 2. The summed E-state index contributed by atoms with van der Waals surface area (Å²) in [7, 11) is 0. The monoisotopic (exact) mass is 526 g/mol. The fraction of sp³-hybridized carbons (Fsp3) is 0.0741. The lowest BCUT2D eigenvalue weighted by atomic mass is 10.2. The van der Waals surface area contributed by atoms with Gasteiger partial charge in [-0.1, -0.05) is 35.7 Å². The zero-order chi connectivity index (χ0) is 25.5. The highest BCUT2D eigenvalue weighted by atomic mass is 32.2. The van der Waals surface area contributed by atoms with Crippen LogP contribution in [0.25, 0.3) is 22.4 Å². The molecule has 0 unspecified atom stereocenters. The molecule has 3 aromatic heterocycles. The standard InChI is InChI=1S/C27H22N6O2S2/c34-23(16-36-25-5-1-3-13-28-25)30-19-9-7-18(8-10-19)27-32-21-12-11-20(15-22(21)33-27)31-24(35)17-37-26-6-2-4-14-29-26/h1-15H,16-17H2,(H,30,34)(H,31,35)(H,32,33). The van der Waals surface area contributed by atoms with Crippen LogP contribution in [0.5, 0.6) is 0 Å². The molecule has 0 aliphatic rings. The predicted octanol–water partition coefficient (Wildman–Crippen LogP) is 5.48. The molecule has 0 saturated carbocycles. The molecule has 3 N–H and O–H groups in total. The van der Waals surface area contributed by atoms with Crippen molar-refractivity contribution in [3.8, 4) is 11.4 Å². The number of pyridine rings is 2. The van der Waals surface area contributed by atoms with Crippen LogP contribution in [0, 0.1) is 0 Å². The maximum absolute atomic E-state index is 12.4. The number of fused-ring (bicyclic) bond motifs is 1. The number of aromatic nitrogens is 4. The fourth-order valence-corrected chi connectivity index (χ4v) is 4.80. The predicted molar refractivity (Wildman–Crippen MR) is 149 cm³/mol. The number of hydrogen-bond donors (Lipinski definition) is 3. The molecule has 184 valence electrons. The third-order valence-corrected chi connectivity index (χ3v) is 7.07. The van der Waals surface area contributed by atoms with Gasteiger partial charge in [-0.2, -0.15) is 0 Å². The highest BCUT2D eigenvalue weighted by Gasteiger charge is 2.10. The second-order valence-electron chi connectivity index (χ2n) is 7.90. The molecule has 0 radical (unpaired) electrons. The minimum atomic E-state index is -0.106. The Morgan fingerprint density at radius 3 is 1.92 bits per heavy atom. The Balaban J connectivity index is 1.18. The minimum Gasteiger partial charge on any atom is -0.338 e. The van der Waals surface area contributed by atoms with Gasteiger partial charge in [-0.15, -0.1) is 0 Å². The van der Waals surface area contributed by atoms with Crippen molar-refractivity contribution < 1.29 is 9.59 Å². The van der Waals surface area contributed by atoms with Gasteiger partial charge < -0.3 is 15.6 Å². The van der Waals surface area contributed by atoms with Crippen LogP contribution in [0.2, 0.25) is 0 Å². The van der Waals surface area contributed by atoms with Crippen LogP contribution in [0.15, 0.2) is 101 Å². The SMILES string of the molecule is O=C(CSc1ccccn1)Nc1ccc(-c2nc3ccc(NC(=O)CSc4ccccn4)cc3[nH]2)cc1. The van der Waals surface area contributed by atoms with Gasteiger partial charge in [0.2, 0.25) is 11.8 Å². The molecule has 0 fully saturated rings. The van der Waals surface area contributed by atoms with Gasteiger partial charge in [-0.25, -0.2) is 15.0 Å². The number of hydrogen-bond acceptors (Lipinski definition) is 7. The molecule has 10 heteroatoms. The van der Waals surface area contributed by atoms with Gasteiger partial charge >= 0.3 is 0 Å². The summed E-state index contributed by atoms with van der Waals surface area (Å²) in [6, 6.07) is 24.3. The second-order valence-corrected chi connectivity index (χ2v) is 9.90. The summed E-state index contributed by atoms with van der Waals surface area (Å²) in [6.45, 7) is 0. The quantitative estimate of drug-likeness (QED) is 0.218. The largest absolute Gasteiger partial charge is 0.338 e. The van der Waals surface area contributed by atoms with E-state index < -0.39 is 0 Å². The number of nitrogens with zero attached hydrogens (tertiary/aromatic N) is 3. The molecule has 2 aromatic carbocycles. The van der Waals surface area contributed by atoms with E-state index in [0.29, 0.717) is 17.2 Å². The maximum atomic E-state index is 12.4. The smallest absolute Gasteiger partial charge is 0.234 e. The van der Waals surface area contributed by atoms with Crippen molar-refractivity contribution in [2.45, 2.75) is 10.1 Å². The van der Waals surface area contributed by atoms with Gasteiger partial charge in [0.25, 0.3) is 0 Å². The van der Waals surface area contributed by atoms with Crippen LogP contribution >= 0.6 is 23.5 Å². The zero-order valence-electron chi connectivity index (χ0n) is 19.5. The van der Waals surface area contributed by atoms with E-state index in [9.17, 15) is 9.59 Å². The van der Waals surface area contributed by atoms with Crippen LogP contribution < -0.4 is 10.6 Å². The van der Waals surface area contributed by atoms with Crippen molar-refractivity contribution in [2.24, 2.45) is 0 Å². The van der Waals surface area contributed by atoms with E-state index in [1.54, 1.807) is 12.4 Å². The van der Waals surface area contributed by atoms with E-state index in [1.807, 2.05) is 78.9 Å². The first-order valence-corrected chi connectivity index (χ1v) is 13.4. The highest BCUT2D eigenvalue weighted by Crippen LogP contribution is 2.25. The van der Waals surface area contributed by atoms with Gasteiger partial charge in [0.1, 0.15) is 5.82 Å². The molecule has 37 heavy (non-hydrogen) atoms. The molecule has 5 rings (SSSR count). The fourth-order valence-electron chi connectivity index (χ4n) is 3.47. The first-order chi connectivity index (χ1) is 18.1. The van der Waals surface area contributed by atoms with E-state index in [1.165, 1.54) is 23.5 Å². The molecular weight excluding hydrogens is 504 g/mol. The zero-order valence-corrected chi connectivity index (χ0v) is 21.2. The van der Waals surface area contributed by atoms with Crippen molar-refractivity contribution in [2.75, 3.05) is 22.1 Å². The Kier molecular flexibility index (Phi) is 7.78. The van der Waals surface area contributed by atoms with E-state index in [4.69, 9.17) is 0 Å². The van der Waals surface area contributed by atoms with Gasteiger partial charge in [0.05, 0.1) is 32.6 Å². The molecule has 0 bridgehead atoms. The van der Waals surface area contributed by atoms with Gasteiger partial charge in [0, 0.05) is 29.3 Å². The van der Waals surface area contributed by atoms with Crippen LogP contribution in [-0.4, -0.2) is 43.3 Å². The van der Waals surface area contributed by atoms with Gasteiger partial charge in [-0.3, -0.25) is 9.59 Å². The first kappa shape index (κ1) is 24.5. The highest BCUT2D eigenvalue weighted by molar-refractivity contribution is 8.00. The lowest BCUT2D eigenvalue weighted by Crippen LogP contribution is -2.14. The summed E-state index contributed by atoms with van der Waals surface area (Å²) in [4.78, 5) is 41.0. The third kappa shape index (κ3) is 6.75. The Morgan fingerprint density at radius 1 is 0.730 bits per heavy atom. The number of rotatable bonds is 9. The first-order valence-electron chi connectivity index (χ1n) is 11.4. The lowest BCUT2D eigenvalue weighted by Gasteiger charge is -2.05. The topological polar surface area (TPSA) is 113 Å². The van der Waals surface area contributed by atoms with E-state index in [0.717, 1.165) is 26.6 Å². The number of aromatic amines is 1. The summed E-state index contributed by atoms with van der Waals surface area (Å²) in [5.74, 6) is 1.05. The van der Waals surface area contributed by atoms with Crippen LogP contribution in [0.4, 0.5) is 11.4 Å². The summed E-state index contributed by atoms with van der Waals surface area (Å²) in [5, 5.41) is 7.43. The molecule has 0 atom stereocenters. The second kappa shape index (κ2) is 11.7. The summed E-state index contributed by atoms with van der Waals surface area (Å²) < 4.78 is 0. The number of H-pyrrole nitrogens is 1. The molecule has 5 aromatic rings. The number of amides is 2. The molecule has 8 nitrogen and oxygen atoms in total. The van der Waals surface area contributed by atoms with Gasteiger partial charge in [0.15, 0.2) is 0 Å². The average molecular weight is 527 g/mol. The molecule has 0 aliphatic heterocycles. The molecule has 0 spiro atoms. The normalized spacial score (nSPS) is 10.8.